The van der Waals surface area contributed by atoms with Crippen LogP contribution in [0.3, 0.4) is 0 Å². The number of pyridine rings is 1. The number of carbonyl (C=O) groups is 1. The Balaban J connectivity index is 1.80. The zero-order valence-corrected chi connectivity index (χ0v) is 14.6. The van der Waals surface area contributed by atoms with Crippen LogP contribution < -0.4 is 9.47 Å². The molecule has 0 unspecified atom stereocenters. The molecule has 0 fully saturated rings. The standard InChI is InChI=1S/C20H16N2O5/c1-26-12-9-10-18(17(11-12)22(24)25)27-20(23)19-13-5-2-3-7-15(13)21-16-8-4-6-14(16)19/h2-3,5,7,9-11H,4,6,8H2,1H3. The summed E-state index contributed by atoms with van der Waals surface area (Å²) in [6.07, 6.45) is 2.47. The largest absolute Gasteiger partial charge is 0.496 e. The third-order valence-electron chi connectivity index (χ3n) is 4.69. The quantitative estimate of drug-likeness (QED) is 0.302. The van der Waals surface area contributed by atoms with Gasteiger partial charge in [-0.15, -0.1) is 0 Å². The van der Waals surface area contributed by atoms with E-state index < -0.39 is 10.9 Å². The van der Waals surface area contributed by atoms with Gasteiger partial charge < -0.3 is 9.47 Å². The van der Waals surface area contributed by atoms with Gasteiger partial charge in [-0.1, -0.05) is 18.2 Å². The number of para-hydroxylation sites is 1. The summed E-state index contributed by atoms with van der Waals surface area (Å²) in [7, 11) is 1.41. The van der Waals surface area contributed by atoms with Gasteiger partial charge in [0.2, 0.25) is 5.75 Å². The second kappa shape index (κ2) is 6.68. The van der Waals surface area contributed by atoms with Crippen molar-refractivity contribution in [1.29, 1.82) is 0 Å². The summed E-state index contributed by atoms with van der Waals surface area (Å²) in [4.78, 5) is 28.4. The Morgan fingerprint density at radius 3 is 2.78 bits per heavy atom. The molecule has 1 aromatic heterocycles. The number of aryl methyl sites for hydroxylation is 1. The van der Waals surface area contributed by atoms with Crippen molar-refractivity contribution in [3.63, 3.8) is 0 Å². The van der Waals surface area contributed by atoms with Crippen molar-refractivity contribution in [2.75, 3.05) is 7.11 Å². The highest BCUT2D eigenvalue weighted by Crippen LogP contribution is 2.34. The van der Waals surface area contributed by atoms with Crippen molar-refractivity contribution >= 4 is 22.6 Å². The zero-order chi connectivity index (χ0) is 19.0. The molecule has 7 heteroatoms. The van der Waals surface area contributed by atoms with Crippen LogP contribution in [0.4, 0.5) is 5.69 Å². The molecular weight excluding hydrogens is 348 g/mol. The van der Waals surface area contributed by atoms with Crippen LogP contribution in [0.25, 0.3) is 10.9 Å². The van der Waals surface area contributed by atoms with E-state index in [-0.39, 0.29) is 11.4 Å². The Bertz CT molecular complexity index is 1080. The minimum Gasteiger partial charge on any atom is -0.496 e. The molecular formula is C20H16N2O5. The van der Waals surface area contributed by atoms with Crippen molar-refractivity contribution < 1.29 is 19.2 Å². The number of hydrogen-bond acceptors (Lipinski definition) is 6. The fourth-order valence-corrected chi connectivity index (χ4v) is 3.45. The number of methoxy groups -OCH3 is 1. The van der Waals surface area contributed by atoms with E-state index in [2.05, 4.69) is 4.98 Å². The van der Waals surface area contributed by atoms with Crippen LogP contribution in [0.5, 0.6) is 11.5 Å². The molecule has 1 heterocycles. The Kier molecular flexibility index (Phi) is 4.19. The highest BCUT2D eigenvalue weighted by atomic mass is 16.6. The molecule has 27 heavy (non-hydrogen) atoms. The van der Waals surface area contributed by atoms with Crippen LogP contribution in [0.2, 0.25) is 0 Å². The second-order valence-electron chi connectivity index (χ2n) is 6.26. The minimum atomic E-state index is -0.611. The zero-order valence-electron chi connectivity index (χ0n) is 14.6. The second-order valence-corrected chi connectivity index (χ2v) is 6.26. The molecule has 7 nitrogen and oxygen atoms in total. The molecule has 1 aliphatic carbocycles. The van der Waals surface area contributed by atoms with Crippen LogP contribution in [-0.2, 0) is 12.8 Å². The number of nitro benzene ring substituents is 1. The van der Waals surface area contributed by atoms with E-state index in [1.807, 2.05) is 24.3 Å². The third kappa shape index (κ3) is 2.97. The van der Waals surface area contributed by atoms with E-state index in [1.54, 1.807) is 0 Å². The molecule has 136 valence electrons. The molecule has 0 aliphatic heterocycles. The Hall–Kier alpha value is -3.48. The van der Waals surface area contributed by atoms with E-state index in [0.717, 1.165) is 30.5 Å². The lowest BCUT2D eigenvalue weighted by atomic mass is 10.0. The maximum Gasteiger partial charge on any atom is 0.344 e. The topological polar surface area (TPSA) is 91.6 Å². The first-order valence-corrected chi connectivity index (χ1v) is 8.53. The van der Waals surface area contributed by atoms with Crippen molar-refractivity contribution in [3.05, 3.63) is 69.4 Å². The number of esters is 1. The Morgan fingerprint density at radius 1 is 1.19 bits per heavy atom. The third-order valence-corrected chi connectivity index (χ3v) is 4.69. The van der Waals surface area contributed by atoms with Crippen LogP contribution in [-0.4, -0.2) is 23.0 Å². The van der Waals surface area contributed by atoms with Gasteiger partial charge in [0.1, 0.15) is 5.75 Å². The smallest absolute Gasteiger partial charge is 0.344 e. The van der Waals surface area contributed by atoms with Crippen molar-refractivity contribution in [2.45, 2.75) is 19.3 Å². The van der Waals surface area contributed by atoms with Gasteiger partial charge >= 0.3 is 11.7 Å². The van der Waals surface area contributed by atoms with E-state index in [4.69, 9.17) is 9.47 Å². The number of aromatic nitrogens is 1. The summed E-state index contributed by atoms with van der Waals surface area (Å²) in [5.74, 6) is -0.407. The highest BCUT2D eigenvalue weighted by molar-refractivity contribution is 6.06. The number of fused-ring (bicyclic) bond motifs is 2. The average molecular weight is 364 g/mol. The number of ether oxygens (including phenoxy) is 2. The monoisotopic (exact) mass is 364 g/mol. The molecule has 3 aromatic rings. The van der Waals surface area contributed by atoms with Gasteiger partial charge in [0.15, 0.2) is 0 Å². The summed E-state index contributed by atoms with van der Waals surface area (Å²) < 4.78 is 10.5. The van der Waals surface area contributed by atoms with Gasteiger partial charge in [0.05, 0.1) is 29.2 Å². The van der Waals surface area contributed by atoms with Crippen molar-refractivity contribution in [3.8, 4) is 11.5 Å². The Morgan fingerprint density at radius 2 is 2.00 bits per heavy atom. The number of nitrogens with zero attached hydrogens (tertiary/aromatic N) is 2. The van der Waals surface area contributed by atoms with Gasteiger partial charge in [0.25, 0.3) is 0 Å². The molecule has 0 bridgehead atoms. The number of nitro groups is 1. The molecule has 2 aromatic carbocycles. The lowest BCUT2D eigenvalue weighted by molar-refractivity contribution is -0.385. The van der Waals surface area contributed by atoms with E-state index >= 15 is 0 Å². The fourth-order valence-electron chi connectivity index (χ4n) is 3.45. The first-order valence-electron chi connectivity index (χ1n) is 8.53. The highest BCUT2D eigenvalue weighted by Gasteiger charge is 2.27. The minimum absolute atomic E-state index is 0.113. The summed E-state index contributed by atoms with van der Waals surface area (Å²) >= 11 is 0. The van der Waals surface area contributed by atoms with Gasteiger partial charge in [0, 0.05) is 11.1 Å². The summed E-state index contributed by atoms with van der Waals surface area (Å²) in [6, 6.07) is 11.5. The van der Waals surface area contributed by atoms with E-state index in [9.17, 15) is 14.9 Å². The van der Waals surface area contributed by atoms with Crippen molar-refractivity contribution in [2.24, 2.45) is 0 Å². The van der Waals surface area contributed by atoms with E-state index in [1.165, 1.54) is 25.3 Å². The van der Waals surface area contributed by atoms with Gasteiger partial charge in [-0.05, 0) is 43.0 Å². The molecule has 1 aliphatic rings. The van der Waals surface area contributed by atoms with Crippen LogP contribution in [0.15, 0.2) is 42.5 Å². The van der Waals surface area contributed by atoms with Crippen LogP contribution >= 0.6 is 0 Å². The van der Waals surface area contributed by atoms with E-state index in [0.29, 0.717) is 22.2 Å². The van der Waals surface area contributed by atoms with Crippen molar-refractivity contribution in [1.82, 2.24) is 4.98 Å². The molecule has 0 radical (unpaired) electrons. The SMILES string of the molecule is COc1ccc(OC(=O)c2c3c(nc4ccccc24)CCC3)c([N+](=O)[O-])c1. The summed E-state index contributed by atoms with van der Waals surface area (Å²) in [5.41, 5.74) is 2.60. The fraction of sp³-hybridized carbons (Fsp3) is 0.200. The molecule has 0 N–H and O–H groups in total. The summed E-state index contributed by atoms with van der Waals surface area (Å²) in [5, 5.41) is 12.1. The predicted octanol–water partition coefficient (Wildman–Crippen LogP) is 3.86. The number of rotatable bonds is 4. The first kappa shape index (κ1) is 17.0. The lowest BCUT2D eigenvalue weighted by Gasteiger charge is -2.12. The molecule has 0 spiro atoms. The van der Waals surface area contributed by atoms with Crippen LogP contribution in [0, 0.1) is 10.1 Å². The lowest BCUT2D eigenvalue weighted by Crippen LogP contribution is -2.14. The molecule has 0 saturated heterocycles. The van der Waals surface area contributed by atoms with Gasteiger partial charge in [-0.2, -0.15) is 0 Å². The summed E-state index contributed by atoms with van der Waals surface area (Å²) in [6.45, 7) is 0. The maximum atomic E-state index is 13.0. The van der Waals surface area contributed by atoms with Gasteiger partial charge in [-0.3, -0.25) is 15.1 Å². The van der Waals surface area contributed by atoms with Crippen LogP contribution in [0.1, 0.15) is 28.0 Å². The van der Waals surface area contributed by atoms with Gasteiger partial charge in [-0.25, -0.2) is 4.79 Å². The first-order chi connectivity index (χ1) is 13.1. The molecule has 0 amide bonds. The molecule has 0 atom stereocenters. The maximum absolute atomic E-state index is 13.0. The normalized spacial score (nSPS) is 12.6. The number of benzene rings is 2. The Labute approximate surface area is 154 Å². The predicted molar refractivity (Wildman–Crippen MR) is 98.4 cm³/mol. The number of hydrogen-bond donors (Lipinski definition) is 0. The molecule has 4 rings (SSSR count). The average Bonchev–Trinajstić information content (AvgIpc) is 3.13. The molecule has 0 saturated carbocycles. The number of carbonyl (C=O) groups excluding carboxylic acids is 1.